The molecule has 0 radical (unpaired) electrons. The van der Waals surface area contributed by atoms with Gasteiger partial charge in [-0.1, -0.05) is 0 Å². The second-order valence-corrected chi connectivity index (χ2v) is 7.64. The molecule has 138 valence electrons. The molecule has 2 amide bonds. The van der Waals surface area contributed by atoms with Gasteiger partial charge in [0.05, 0.1) is 6.61 Å². The van der Waals surface area contributed by atoms with Crippen molar-refractivity contribution in [3.05, 3.63) is 0 Å². The highest BCUT2D eigenvalue weighted by Gasteiger charge is 2.31. The largest absolute Gasteiger partial charge is 0.444 e. The van der Waals surface area contributed by atoms with Crippen LogP contribution in [0.4, 0.5) is 4.79 Å². The smallest absolute Gasteiger partial charge is 0.410 e. The average Bonchev–Trinajstić information content (AvgIpc) is 3.00. The zero-order valence-electron chi connectivity index (χ0n) is 15.3. The maximum atomic E-state index is 12.1. The van der Waals surface area contributed by atoms with Gasteiger partial charge in [0.15, 0.2) is 0 Å². The molecule has 2 atom stereocenters. The lowest BCUT2D eigenvalue weighted by Crippen LogP contribution is -2.49. The molecule has 7 nitrogen and oxygen atoms in total. The molecule has 0 aromatic carbocycles. The summed E-state index contributed by atoms with van der Waals surface area (Å²) in [5.74, 6) is 0.440. The zero-order valence-corrected chi connectivity index (χ0v) is 15.3. The minimum absolute atomic E-state index is 0.0586. The van der Waals surface area contributed by atoms with E-state index in [9.17, 15) is 9.59 Å². The summed E-state index contributed by atoms with van der Waals surface area (Å²) >= 11 is 0. The van der Waals surface area contributed by atoms with Gasteiger partial charge in [0, 0.05) is 33.2 Å². The summed E-state index contributed by atoms with van der Waals surface area (Å²) in [5, 5.41) is 2.64. The van der Waals surface area contributed by atoms with Crippen molar-refractivity contribution in [2.24, 2.45) is 5.92 Å². The number of carbonyl (C=O) groups excluding carboxylic acids is 2. The standard InChI is InChI=1S/C17H31N3O4/c1-17(2,3)24-16(22)20-8-6-13(11-20)5-7-19-9-10-23-14(12-19)15(21)18-4/h13-14H,5-12H2,1-4H3,(H,18,21)/t13-,14+/m1/s1. The molecule has 0 aromatic rings. The lowest BCUT2D eigenvalue weighted by atomic mass is 10.0. The van der Waals surface area contributed by atoms with E-state index >= 15 is 0 Å². The van der Waals surface area contributed by atoms with Gasteiger partial charge in [-0.05, 0) is 46.1 Å². The molecule has 0 aromatic heterocycles. The van der Waals surface area contributed by atoms with Crippen molar-refractivity contribution in [2.45, 2.75) is 45.3 Å². The molecule has 2 aliphatic heterocycles. The molecule has 0 spiro atoms. The number of rotatable bonds is 4. The van der Waals surface area contributed by atoms with E-state index < -0.39 is 5.60 Å². The van der Waals surface area contributed by atoms with E-state index in [1.807, 2.05) is 25.7 Å². The van der Waals surface area contributed by atoms with E-state index in [0.717, 1.165) is 39.0 Å². The fourth-order valence-corrected chi connectivity index (χ4v) is 3.15. The Labute approximate surface area is 144 Å². The SMILES string of the molecule is CNC(=O)[C@@H]1CN(CC[C@@H]2CCN(C(=O)OC(C)(C)C)C2)CCO1. The number of nitrogens with one attached hydrogen (secondary N) is 1. The fraction of sp³-hybridized carbons (Fsp3) is 0.882. The van der Waals surface area contributed by atoms with Crippen molar-refractivity contribution < 1.29 is 19.1 Å². The Morgan fingerprint density at radius 2 is 2.00 bits per heavy atom. The van der Waals surface area contributed by atoms with Gasteiger partial charge < -0.3 is 19.7 Å². The Balaban J connectivity index is 1.72. The van der Waals surface area contributed by atoms with Crippen LogP contribution < -0.4 is 5.32 Å². The van der Waals surface area contributed by atoms with Crippen molar-refractivity contribution in [2.75, 3.05) is 46.4 Å². The molecule has 2 saturated heterocycles. The number of likely N-dealkylation sites (N-methyl/N-ethyl adjacent to an activating group) is 1. The van der Waals surface area contributed by atoms with Crippen LogP contribution in [0, 0.1) is 5.92 Å². The van der Waals surface area contributed by atoms with Gasteiger partial charge in [0.2, 0.25) is 5.91 Å². The first-order valence-corrected chi connectivity index (χ1v) is 8.82. The number of hydrogen-bond donors (Lipinski definition) is 1. The van der Waals surface area contributed by atoms with Crippen LogP contribution in [0.15, 0.2) is 0 Å². The molecule has 0 bridgehead atoms. The Bertz CT molecular complexity index is 450. The number of carbonyl (C=O) groups is 2. The summed E-state index contributed by atoms with van der Waals surface area (Å²) in [6, 6.07) is 0. The molecule has 1 N–H and O–H groups in total. The Kier molecular flexibility index (Phi) is 6.46. The third kappa shape index (κ3) is 5.63. The van der Waals surface area contributed by atoms with Gasteiger partial charge in [0.1, 0.15) is 11.7 Å². The molecular weight excluding hydrogens is 310 g/mol. The van der Waals surface area contributed by atoms with Crippen LogP contribution in [-0.2, 0) is 14.3 Å². The van der Waals surface area contributed by atoms with E-state index in [1.54, 1.807) is 7.05 Å². The minimum atomic E-state index is -0.447. The number of morpholine rings is 1. The number of hydrogen-bond acceptors (Lipinski definition) is 5. The molecule has 0 aliphatic carbocycles. The van der Waals surface area contributed by atoms with E-state index in [1.165, 1.54) is 0 Å². The molecule has 2 heterocycles. The Morgan fingerprint density at radius 1 is 1.25 bits per heavy atom. The third-order valence-electron chi connectivity index (χ3n) is 4.48. The van der Waals surface area contributed by atoms with Crippen LogP contribution in [0.5, 0.6) is 0 Å². The second kappa shape index (κ2) is 8.16. The van der Waals surface area contributed by atoms with E-state index in [-0.39, 0.29) is 18.1 Å². The van der Waals surface area contributed by atoms with Gasteiger partial charge in [-0.25, -0.2) is 4.79 Å². The molecule has 2 fully saturated rings. The summed E-state index contributed by atoms with van der Waals surface area (Å²) < 4.78 is 10.9. The Morgan fingerprint density at radius 3 is 2.67 bits per heavy atom. The second-order valence-electron chi connectivity index (χ2n) is 7.64. The number of ether oxygens (including phenoxy) is 2. The van der Waals surface area contributed by atoms with E-state index in [2.05, 4.69) is 10.2 Å². The quantitative estimate of drug-likeness (QED) is 0.828. The molecule has 2 rings (SSSR count). The molecule has 0 unspecified atom stereocenters. The van der Waals surface area contributed by atoms with Crippen molar-refractivity contribution in [3.63, 3.8) is 0 Å². The van der Waals surface area contributed by atoms with Crippen LogP contribution in [0.25, 0.3) is 0 Å². The fourth-order valence-electron chi connectivity index (χ4n) is 3.15. The van der Waals surface area contributed by atoms with Gasteiger partial charge >= 0.3 is 6.09 Å². The maximum absolute atomic E-state index is 12.1. The number of likely N-dealkylation sites (tertiary alicyclic amines) is 1. The normalized spacial score (nSPS) is 25.6. The van der Waals surface area contributed by atoms with Crippen molar-refractivity contribution in [3.8, 4) is 0 Å². The van der Waals surface area contributed by atoms with Crippen molar-refractivity contribution in [1.29, 1.82) is 0 Å². The molecule has 2 aliphatic rings. The van der Waals surface area contributed by atoms with Crippen LogP contribution in [0.1, 0.15) is 33.6 Å². The average molecular weight is 341 g/mol. The molecule has 7 heteroatoms. The molecular formula is C17H31N3O4. The zero-order chi connectivity index (χ0) is 17.7. The first kappa shape index (κ1) is 19.0. The first-order valence-electron chi connectivity index (χ1n) is 8.82. The minimum Gasteiger partial charge on any atom is -0.444 e. The van der Waals surface area contributed by atoms with Crippen LogP contribution in [0.3, 0.4) is 0 Å². The van der Waals surface area contributed by atoms with Crippen molar-refractivity contribution >= 4 is 12.0 Å². The van der Waals surface area contributed by atoms with E-state index in [4.69, 9.17) is 9.47 Å². The highest BCUT2D eigenvalue weighted by Crippen LogP contribution is 2.22. The molecule has 0 saturated carbocycles. The van der Waals surface area contributed by atoms with E-state index in [0.29, 0.717) is 19.1 Å². The number of amides is 2. The van der Waals surface area contributed by atoms with Gasteiger partial charge in [-0.15, -0.1) is 0 Å². The monoisotopic (exact) mass is 341 g/mol. The lowest BCUT2D eigenvalue weighted by molar-refractivity contribution is -0.138. The Hall–Kier alpha value is -1.34. The predicted molar refractivity (Wildman–Crippen MR) is 90.8 cm³/mol. The summed E-state index contributed by atoms with van der Waals surface area (Å²) in [7, 11) is 1.63. The first-order chi connectivity index (χ1) is 11.3. The van der Waals surface area contributed by atoms with Gasteiger partial charge in [-0.2, -0.15) is 0 Å². The van der Waals surface area contributed by atoms with Crippen LogP contribution in [0.2, 0.25) is 0 Å². The molecule has 24 heavy (non-hydrogen) atoms. The third-order valence-corrected chi connectivity index (χ3v) is 4.48. The number of nitrogens with zero attached hydrogens (tertiary/aromatic N) is 2. The highest BCUT2D eigenvalue weighted by molar-refractivity contribution is 5.80. The van der Waals surface area contributed by atoms with Gasteiger partial charge in [-0.3, -0.25) is 9.69 Å². The summed E-state index contributed by atoms with van der Waals surface area (Å²) in [6.45, 7) is 10.2. The van der Waals surface area contributed by atoms with Crippen LogP contribution in [-0.4, -0.2) is 79.9 Å². The maximum Gasteiger partial charge on any atom is 0.410 e. The summed E-state index contributed by atoms with van der Waals surface area (Å²) in [6.07, 6.45) is 1.46. The van der Waals surface area contributed by atoms with Gasteiger partial charge in [0.25, 0.3) is 0 Å². The topological polar surface area (TPSA) is 71.1 Å². The van der Waals surface area contributed by atoms with Crippen LogP contribution >= 0.6 is 0 Å². The van der Waals surface area contributed by atoms with Crippen molar-refractivity contribution in [1.82, 2.24) is 15.1 Å². The summed E-state index contributed by atoms with van der Waals surface area (Å²) in [4.78, 5) is 27.9. The lowest BCUT2D eigenvalue weighted by Gasteiger charge is -2.32. The highest BCUT2D eigenvalue weighted by atomic mass is 16.6. The summed E-state index contributed by atoms with van der Waals surface area (Å²) in [5.41, 5.74) is -0.447. The predicted octanol–water partition coefficient (Wildman–Crippen LogP) is 1.08.